The van der Waals surface area contributed by atoms with Crippen LogP contribution in [0.5, 0.6) is 5.75 Å². The number of carboxylic acid groups (broad SMARTS) is 1. The Bertz CT molecular complexity index is 658. The molecule has 0 aliphatic rings. The molecule has 25 heavy (non-hydrogen) atoms. The van der Waals surface area contributed by atoms with Crippen molar-refractivity contribution >= 4 is 17.6 Å². The summed E-state index contributed by atoms with van der Waals surface area (Å²) in [6.45, 7) is 1.12. The number of benzene rings is 2. The zero-order valence-electron chi connectivity index (χ0n) is 13.8. The summed E-state index contributed by atoms with van der Waals surface area (Å²) in [6, 6.07) is 14.9. The summed E-state index contributed by atoms with van der Waals surface area (Å²) in [5, 5.41) is 22.2. The Morgan fingerprint density at radius 3 is 2.32 bits per heavy atom. The van der Waals surface area contributed by atoms with Crippen molar-refractivity contribution in [1.29, 1.82) is 0 Å². The largest absolute Gasteiger partial charge is 0.482 e. The second-order valence-corrected chi connectivity index (χ2v) is 6.27. The number of halogens is 1. The lowest BCUT2D eigenvalue weighted by molar-refractivity contribution is -0.139. The van der Waals surface area contributed by atoms with Crippen molar-refractivity contribution in [1.82, 2.24) is 5.32 Å². The second-order valence-electron chi connectivity index (χ2n) is 5.84. The van der Waals surface area contributed by atoms with E-state index < -0.39 is 5.97 Å². The molecule has 2 rings (SSSR count). The molecule has 5 nitrogen and oxygen atoms in total. The van der Waals surface area contributed by atoms with Crippen molar-refractivity contribution in [2.75, 3.05) is 19.8 Å². The third-order valence-corrected chi connectivity index (χ3v) is 4.00. The molecule has 134 valence electrons. The van der Waals surface area contributed by atoms with Gasteiger partial charge in [0.1, 0.15) is 5.75 Å². The van der Waals surface area contributed by atoms with Crippen LogP contribution in [0.15, 0.2) is 48.5 Å². The van der Waals surface area contributed by atoms with E-state index in [4.69, 9.17) is 21.4 Å². The third-order valence-electron chi connectivity index (χ3n) is 3.74. The number of aliphatic hydroxyl groups excluding tert-OH is 1. The van der Waals surface area contributed by atoms with E-state index >= 15 is 0 Å². The van der Waals surface area contributed by atoms with Gasteiger partial charge in [0.25, 0.3) is 0 Å². The quantitative estimate of drug-likeness (QED) is 0.605. The summed E-state index contributed by atoms with van der Waals surface area (Å²) in [5.74, 6) is -0.344. The van der Waals surface area contributed by atoms with Crippen LogP contribution in [-0.4, -0.2) is 35.9 Å². The Balaban J connectivity index is 1.76. The van der Waals surface area contributed by atoms with Crippen LogP contribution in [-0.2, 0) is 17.8 Å². The Hall–Kier alpha value is -2.08. The number of rotatable bonds is 10. The average molecular weight is 364 g/mol. The molecule has 0 fully saturated rings. The van der Waals surface area contributed by atoms with Gasteiger partial charge in [0.2, 0.25) is 0 Å². The molecule has 0 aromatic heterocycles. The maximum Gasteiger partial charge on any atom is 0.341 e. The van der Waals surface area contributed by atoms with Crippen LogP contribution in [0.25, 0.3) is 0 Å². The smallest absolute Gasteiger partial charge is 0.341 e. The van der Waals surface area contributed by atoms with Crippen molar-refractivity contribution in [3.63, 3.8) is 0 Å². The predicted molar refractivity (Wildman–Crippen MR) is 97.0 cm³/mol. The molecular weight excluding hydrogens is 342 g/mol. The highest BCUT2D eigenvalue weighted by atomic mass is 35.5. The monoisotopic (exact) mass is 363 g/mol. The lowest BCUT2D eigenvalue weighted by Crippen LogP contribution is -2.26. The van der Waals surface area contributed by atoms with E-state index in [1.54, 1.807) is 12.1 Å². The first-order valence-corrected chi connectivity index (χ1v) is 8.44. The van der Waals surface area contributed by atoms with Crippen molar-refractivity contribution in [2.45, 2.75) is 13.0 Å². The number of carbonyl (C=O) groups is 1. The van der Waals surface area contributed by atoms with E-state index in [0.29, 0.717) is 23.9 Å². The summed E-state index contributed by atoms with van der Waals surface area (Å²) < 4.78 is 5.09. The van der Waals surface area contributed by atoms with Crippen LogP contribution >= 0.6 is 11.6 Å². The lowest BCUT2D eigenvalue weighted by atomic mass is 10.00. The number of nitrogens with one attached hydrogen (secondary N) is 1. The molecule has 0 amide bonds. The number of aliphatic carboxylic acids is 1. The maximum absolute atomic E-state index is 10.5. The van der Waals surface area contributed by atoms with E-state index in [2.05, 4.69) is 5.32 Å². The van der Waals surface area contributed by atoms with Crippen molar-refractivity contribution < 1.29 is 19.7 Å². The molecule has 1 atom stereocenters. The Kier molecular flexibility index (Phi) is 7.73. The van der Waals surface area contributed by atoms with Crippen molar-refractivity contribution in [3.05, 3.63) is 64.7 Å². The molecule has 0 spiro atoms. The molecule has 1 unspecified atom stereocenters. The first kappa shape index (κ1) is 19.2. The fourth-order valence-electron chi connectivity index (χ4n) is 2.42. The van der Waals surface area contributed by atoms with Gasteiger partial charge in [-0.05, 0) is 47.7 Å². The predicted octanol–water partition coefficient (Wildman–Crippen LogP) is 2.74. The van der Waals surface area contributed by atoms with Gasteiger partial charge >= 0.3 is 5.97 Å². The first-order chi connectivity index (χ1) is 12.1. The van der Waals surface area contributed by atoms with E-state index in [1.165, 1.54) is 0 Å². The van der Waals surface area contributed by atoms with Crippen molar-refractivity contribution in [3.8, 4) is 5.75 Å². The Labute approximate surface area is 152 Å². The van der Waals surface area contributed by atoms with Gasteiger partial charge in [-0.3, -0.25) is 0 Å². The van der Waals surface area contributed by atoms with Gasteiger partial charge in [0.15, 0.2) is 6.61 Å². The first-order valence-electron chi connectivity index (χ1n) is 8.06. The van der Waals surface area contributed by atoms with Gasteiger partial charge in [-0.25, -0.2) is 4.79 Å². The molecule has 0 saturated heterocycles. The summed E-state index contributed by atoms with van der Waals surface area (Å²) >= 11 is 5.88. The van der Waals surface area contributed by atoms with Crippen LogP contribution in [0.1, 0.15) is 11.1 Å². The molecule has 0 bridgehead atoms. The highest BCUT2D eigenvalue weighted by molar-refractivity contribution is 6.30. The molecule has 2 aromatic rings. The van der Waals surface area contributed by atoms with Crippen LogP contribution in [0, 0.1) is 5.92 Å². The minimum Gasteiger partial charge on any atom is -0.482 e. The molecule has 0 radical (unpaired) electrons. The number of carboxylic acids is 1. The highest BCUT2D eigenvalue weighted by Crippen LogP contribution is 2.14. The fourth-order valence-corrected chi connectivity index (χ4v) is 2.55. The summed E-state index contributed by atoms with van der Waals surface area (Å²) in [7, 11) is 0. The molecule has 2 aromatic carbocycles. The van der Waals surface area contributed by atoms with Crippen molar-refractivity contribution in [2.24, 2.45) is 5.92 Å². The number of hydrogen-bond acceptors (Lipinski definition) is 4. The van der Waals surface area contributed by atoms with Gasteiger partial charge in [-0.2, -0.15) is 0 Å². The Morgan fingerprint density at radius 1 is 1.08 bits per heavy atom. The van der Waals surface area contributed by atoms with Gasteiger partial charge in [0.05, 0.1) is 0 Å². The molecular formula is C19H22ClNO4. The standard InChI is InChI=1S/C19H22ClNO4/c20-17-5-1-14(2-6-17)9-16(12-22)11-21-10-15-3-7-18(8-4-15)25-13-19(23)24/h1-8,16,21-22H,9-13H2,(H,23,24). The SMILES string of the molecule is O=C(O)COc1ccc(CNCC(CO)Cc2ccc(Cl)cc2)cc1. The minimum atomic E-state index is -0.999. The van der Waals surface area contributed by atoms with E-state index in [-0.39, 0.29) is 19.1 Å². The average Bonchev–Trinajstić information content (AvgIpc) is 2.62. The van der Waals surface area contributed by atoms with Crippen LogP contribution in [0.4, 0.5) is 0 Å². The zero-order chi connectivity index (χ0) is 18.1. The summed E-state index contributed by atoms with van der Waals surface area (Å²) in [4.78, 5) is 10.5. The lowest BCUT2D eigenvalue weighted by Gasteiger charge is -2.15. The topological polar surface area (TPSA) is 78.8 Å². The summed E-state index contributed by atoms with van der Waals surface area (Å²) in [6.07, 6.45) is 0.780. The number of ether oxygens (including phenoxy) is 1. The molecule has 0 heterocycles. The molecule has 3 N–H and O–H groups in total. The van der Waals surface area contributed by atoms with Crippen LogP contribution in [0.2, 0.25) is 5.02 Å². The number of aliphatic hydroxyl groups is 1. The number of hydrogen-bond donors (Lipinski definition) is 3. The van der Waals surface area contributed by atoms with E-state index in [0.717, 1.165) is 17.5 Å². The van der Waals surface area contributed by atoms with Crippen LogP contribution in [0.3, 0.4) is 0 Å². The van der Waals surface area contributed by atoms with Gasteiger partial charge < -0.3 is 20.3 Å². The normalized spacial score (nSPS) is 11.9. The fraction of sp³-hybridized carbons (Fsp3) is 0.316. The van der Waals surface area contributed by atoms with Crippen LogP contribution < -0.4 is 10.1 Å². The highest BCUT2D eigenvalue weighted by Gasteiger charge is 2.08. The molecule has 0 saturated carbocycles. The maximum atomic E-state index is 10.5. The van der Waals surface area contributed by atoms with Gasteiger partial charge in [0, 0.05) is 24.7 Å². The van der Waals surface area contributed by atoms with E-state index in [1.807, 2.05) is 36.4 Å². The minimum absolute atomic E-state index is 0.109. The summed E-state index contributed by atoms with van der Waals surface area (Å²) in [5.41, 5.74) is 2.20. The zero-order valence-corrected chi connectivity index (χ0v) is 14.6. The third kappa shape index (κ3) is 7.13. The van der Waals surface area contributed by atoms with Gasteiger partial charge in [-0.15, -0.1) is 0 Å². The van der Waals surface area contributed by atoms with Gasteiger partial charge in [-0.1, -0.05) is 35.9 Å². The van der Waals surface area contributed by atoms with E-state index in [9.17, 15) is 9.90 Å². The molecule has 0 aliphatic heterocycles. The second kappa shape index (κ2) is 10.0. The molecule has 6 heteroatoms. The Morgan fingerprint density at radius 2 is 1.72 bits per heavy atom. The molecule has 0 aliphatic carbocycles.